The van der Waals surface area contributed by atoms with Crippen molar-refractivity contribution in [3.8, 4) is 0 Å². The summed E-state index contributed by atoms with van der Waals surface area (Å²) < 4.78 is 4.62. The normalized spacial score (nSPS) is 13.2. The number of carbonyl (C=O) groups is 1. The third-order valence-corrected chi connectivity index (χ3v) is 1.16. The van der Waals surface area contributed by atoms with E-state index in [4.69, 9.17) is 5.11 Å². The van der Waals surface area contributed by atoms with E-state index < -0.39 is 11.0 Å². The molecule has 1 atom stereocenters. The van der Waals surface area contributed by atoms with Gasteiger partial charge in [-0.15, -0.1) is 0 Å². The van der Waals surface area contributed by atoms with E-state index in [2.05, 4.69) is 20.7 Å². The summed E-state index contributed by atoms with van der Waals surface area (Å²) in [5.74, 6) is -0.994. The minimum absolute atomic E-state index is 0.405. The molecular weight excluding hydrogens is 176 g/mol. The van der Waals surface area contributed by atoms with Crippen molar-refractivity contribution in [1.29, 1.82) is 0 Å². The molecule has 8 heavy (non-hydrogen) atoms. The second kappa shape index (κ2) is 3.86. The van der Waals surface area contributed by atoms with Crippen LogP contribution >= 0.6 is 15.9 Å². The predicted molar refractivity (Wildman–Crippen MR) is 32.0 cm³/mol. The third kappa shape index (κ3) is 2.98. The SMILES string of the molecule is CCOC(Br)C(=O)O. The first-order valence-electron chi connectivity index (χ1n) is 2.17. The van der Waals surface area contributed by atoms with Crippen molar-refractivity contribution in [3.05, 3.63) is 0 Å². The molecule has 0 aromatic carbocycles. The van der Waals surface area contributed by atoms with Gasteiger partial charge in [-0.2, -0.15) is 0 Å². The molecule has 0 saturated carbocycles. The molecule has 1 N–H and O–H groups in total. The van der Waals surface area contributed by atoms with Crippen molar-refractivity contribution >= 4 is 21.9 Å². The Kier molecular flexibility index (Phi) is 3.81. The van der Waals surface area contributed by atoms with Crippen molar-refractivity contribution in [3.63, 3.8) is 0 Å². The van der Waals surface area contributed by atoms with Gasteiger partial charge in [-0.25, -0.2) is 4.79 Å². The maximum Gasteiger partial charge on any atom is 0.343 e. The fourth-order valence-corrected chi connectivity index (χ4v) is 0.482. The minimum atomic E-state index is -0.994. The van der Waals surface area contributed by atoms with Crippen LogP contribution in [-0.2, 0) is 9.53 Å². The van der Waals surface area contributed by atoms with E-state index >= 15 is 0 Å². The quantitative estimate of drug-likeness (QED) is 0.659. The Morgan fingerprint density at radius 2 is 2.50 bits per heavy atom. The maximum absolute atomic E-state index is 9.92. The molecule has 0 amide bonds. The summed E-state index contributed by atoms with van der Waals surface area (Å²) in [6.07, 6.45) is 0. The number of carboxylic acid groups (broad SMARTS) is 1. The van der Waals surface area contributed by atoms with Gasteiger partial charge < -0.3 is 9.84 Å². The monoisotopic (exact) mass is 182 g/mol. The summed E-state index contributed by atoms with van der Waals surface area (Å²) >= 11 is 2.78. The molecule has 0 aromatic heterocycles. The van der Waals surface area contributed by atoms with Gasteiger partial charge in [0.1, 0.15) is 0 Å². The number of carboxylic acids is 1. The van der Waals surface area contributed by atoms with E-state index in [1.165, 1.54) is 0 Å². The number of rotatable bonds is 3. The zero-order chi connectivity index (χ0) is 6.57. The highest BCUT2D eigenvalue weighted by molar-refractivity contribution is 9.09. The Morgan fingerprint density at radius 3 is 2.62 bits per heavy atom. The van der Waals surface area contributed by atoms with E-state index in [1.807, 2.05) is 0 Å². The second-order valence-electron chi connectivity index (χ2n) is 1.11. The lowest BCUT2D eigenvalue weighted by molar-refractivity contribution is -0.143. The summed E-state index contributed by atoms with van der Waals surface area (Å²) in [5.41, 5.74) is 0. The number of ether oxygens (including phenoxy) is 1. The molecular formula is C4H7BrO3. The number of hydrogen-bond donors (Lipinski definition) is 1. The van der Waals surface area contributed by atoms with Crippen molar-refractivity contribution < 1.29 is 14.6 Å². The van der Waals surface area contributed by atoms with E-state index in [1.54, 1.807) is 6.92 Å². The van der Waals surface area contributed by atoms with Crippen LogP contribution in [0.25, 0.3) is 0 Å². The van der Waals surface area contributed by atoms with E-state index in [9.17, 15) is 4.79 Å². The predicted octanol–water partition coefficient (Wildman–Crippen LogP) is 0.829. The summed E-state index contributed by atoms with van der Waals surface area (Å²) in [6.45, 7) is 2.14. The number of aliphatic carboxylic acids is 1. The van der Waals surface area contributed by atoms with Crippen LogP contribution in [0.5, 0.6) is 0 Å². The molecule has 0 aliphatic heterocycles. The van der Waals surface area contributed by atoms with Crippen molar-refractivity contribution in [2.24, 2.45) is 0 Å². The maximum atomic E-state index is 9.92. The molecule has 1 unspecified atom stereocenters. The van der Waals surface area contributed by atoms with Gasteiger partial charge in [0.25, 0.3) is 0 Å². The zero-order valence-electron chi connectivity index (χ0n) is 4.43. The molecule has 0 heterocycles. The standard InChI is InChI=1S/C4H7BrO3/c1-2-8-3(5)4(6)7/h3H,2H2,1H3,(H,6,7). The molecule has 0 saturated heterocycles. The topological polar surface area (TPSA) is 46.5 Å². The van der Waals surface area contributed by atoms with Crippen LogP contribution in [-0.4, -0.2) is 22.7 Å². The van der Waals surface area contributed by atoms with Crippen molar-refractivity contribution in [2.45, 2.75) is 11.9 Å². The summed E-state index contributed by atoms with van der Waals surface area (Å²) in [4.78, 5) is 9.92. The highest BCUT2D eigenvalue weighted by Gasteiger charge is 2.10. The Bertz CT molecular complexity index is 83.4. The lowest BCUT2D eigenvalue weighted by atomic mass is 10.7. The number of halogens is 1. The van der Waals surface area contributed by atoms with E-state index in [0.717, 1.165) is 0 Å². The summed E-state index contributed by atoms with van der Waals surface area (Å²) in [6, 6.07) is 0. The Labute approximate surface area is 55.8 Å². The molecule has 0 fully saturated rings. The lowest BCUT2D eigenvalue weighted by Gasteiger charge is -2.01. The van der Waals surface area contributed by atoms with E-state index in [0.29, 0.717) is 6.61 Å². The van der Waals surface area contributed by atoms with Gasteiger partial charge in [-0.05, 0) is 22.9 Å². The van der Waals surface area contributed by atoms with Gasteiger partial charge >= 0.3 is 5.97 Å². The third-order valence-electron chi connectivity index (χ3n) is 0.507. The average molecular weight is 183 g/mol. The fourth-order valence-electron chi connectivity index (χ4n) is 0.218. The zero-order valence-corrected chi connectivity index (χ0v) is 6.01. The second-order valence-corrected chi connectivity index (χ2v) is 1.94. The van der Waals surface area contributed by atoms with Gasteiger partial charge in [0.05, 0.1) is 0 Å². The first-order chi connectivity index (χ1) is 3.68. The minimum Gasteiger partial charge on any atom is -0.479 e. The number of hydrogen-bond acceptors (Lipinski definition) is 2. The molecule has 3 nitrogen and oxygen atoms in total. The van der Waals surface area contributed by atoms with Gasteiger partial charge in [0, 0.05) is 6.61 Å². The highest BCUT2D eigenvalue weighted by atomic mass is 79.9. The van der Waals surface area contributed by atoms with Crippen molar-refractivity contribution in [1.82, 2.24) is 0 Å². The van der Waals surface area contributed by atoms with Gasteiger partial charge in [0.15, 0.2) is 0 Å². The van der Waals surface area contributed by atoms with Crippen LogP contribution in [0.15, 0.2) is 0 Å². The molecule has 0 bridgehead atoms. The molecule has 0 aliphatic carbocycles. The van der Waals surface area contributed by atoms with E-state index in [-0.39, 0.29) is 0 Å². The fraction of sp³-hybridized carbons (Fsp3) is 0.750. The Hall–Kier alpha value is -0.0900. The molecule has 0 rings (SSSR count). The largest absolute Gasteiger partial charge is 0.479 e. The van der Waals surface area contributed by atoms with Gasteiger partial charge in [-0.1, -0.05) is 0 Å². The van der Waals surface area contributed by atoms with Crippen LogP contribution in [0.2, 0.25) is 0 Å². The molecule has 48 valence electrons. The first-order valence-corrected chi connectivity index (χ1v) is 3.08. The smallest absolute Gasteiger partial charge is 0.343 e. The van der Waals surface area contributed by atoms with Crippen LogP contribution in [0.4, 0.5) is 0 Å². The van der Waals surface area contributed by atoms with Crippen molar-refractivity contribution in [2.75, 3.05) is 6.61 Å². The molecule has 0 spiro atoms. The molecule has 0 radical (unpaired) electrons. The average Bonchev–Trinajstić information content (AvgIpc) is 1.67. The molecule has 0 aliphatic rings. The van der Waals surface area contributed by atoms with Crippen LogP contribution < -0.4 is 0 Å². The van der Waals surface area contributed by atoms with Gasteiger partial charge in [0.2, 0.25) is 5.01 Å². The van der Waals surface area contributed by atoms with Crippen LogP contribution in [0.1, 0.15) is 6.92 Å². The van der Waals surface area contributed by atoms with Crippen LogP contribution in [0, 0.1) is 0 Å². The molecule has 0 aromatic rings. The number of alkyl halides is 1. The first kappa shape index (κ1) is 7.91. The Balaban J connectivity index is 3.32. The van der Waals surface area contributed by atoms with Crippen LogP contribution in [0.3, 0.4) is 0 Å². The van der Waals surface area contributed by atoms with Gasteiger partial charge in [-0.3, -0.25) is 0 Å². The summed E-state index contributed by atoms with van der Waals surface area (Å²) in [5, 5.41) is 7.29. The summed E-state index contributed by atoms with van der Waals surface area (Å²) in [7, 11) is 0. The Morgan fingerprint density at radius 1 is 2.00 bits per heavy atom. The highest BCUT2D eigenvalue weighted by Crippen LogP contribution is 1.99. The molecule has 4 heteroatoms. The lowest BCUT2D eigenvalue weighted by Crippen LogP contribution is -2.15.